The lowest BCUT2D eigenvalue weighted by Crippen LogP contribution is -2.28. The van der Waals surface area contributed by atoms with E-state index in [-0.39, 0.29) is 11.9 Å². The number of benzene rings is 1. The zero-order chi connectivity index (χ0) is 14.3. The number of nitrogens with two attached hydrogens (primary N) is 1. The first-order valence-electron chi connectivity index (χ1n) is 6.87. The van der Waals surface area contributed by atoms with E-state index in [0.717, 1.165) is 11.4 Å². The van der Waals surface area contributed by atoms with Gasteiger partial charge in [-0.3, -0.25) is 4.79 Å². The number of hydrogen-bond acceptors (Lipinski definition) is 2. The molecule has 0 aliphatic carbocycles. The SMILES string of the molecule is Cc1ccc(C)n1-c1cccc(N2CC(N)CC2=O)c1. The zero-order valence-electron chi connectivity index (χ0n) is 11.8. The van der Waals surface area contributed by atoms with Crippen molar-refractivity contribution in [3.63, 3.8) is 0 Å². The first kappa shape index (κ1) is 12.9. The Balaban J connectivity index is 2.00. The summed E-state index contributed by atoms with van der Waals surface area (Å²) in [6.45, 7) is 4.76. The van der Waals surface area contributed by atoms with Gasteiger partial charge in [0.25, 0.3) is 0 Å². The summed E-state index contributed by atoms with van der Waals surface area (Å²) in [5.74, 6) is 0.107. The van der Waals surface area contributed by atoms with E-state index in [1.165, 1.54) is 11.4 Å². The Morgan fingerprint density at radius 1 is 1.10 bits per heavy atom. The summed E-state index contributed by atoms with van der Waals surface area (Å²) in [5, 5.41) is 0. The maximum Gasteiger partial charge on any atom is 0.228 e. The van der Waals surface area contributed by atoms with Gasteiger partial charge in [0.15, 0.2) is 0 Å². The molecule has 0 bridgehead atoms. The molecule has 1 saturated heterocycles. The monoisotopic (exact) mass is 269 g/mol. The van der Waals surface area contributed by atoms with Gasteiger partial charge in [-0.15, -0.1) is 0 Å². The molecule has 0 radical (unpaired) electrons. The van der Waals surface area contributed by atoms with Crippen LogP contribution in [0.25, 0.3) is 5.69 Å². The molecule has 1 fully saturated rings. The van der Waals surface area contributed by atoms with Crippen molar-refractivity contribution in [1.29, 1.82) is 0 Å². The first-order valence-corrected chi connectivity index (χ1v) is 6.87. The van der Waals surface area contributed by atoms with Crippen LogP contribution in [0.4, 0.5) is 5.69 Å². The van der Waals surface area contributed by atoms with Gasteiger partial charge in [-0.05, 0) is 44.2 Å². The molecule has 1 aromatic heterocycles. The van der Waals surface area contributed by atoms with Crippen LogP contribution in [-0.2, 0) is 4.79 Å². The Hall–Kier alpha value is -2.07. The van der Waals surface area contributed by atoms with E-state index < -0.39 is 0 Å². The number of rotatable bonds is 2. The van der Waals surface area contributed by atoms with Gasteiger partial charge in [-0.25, -0.2) is 0 Å². The molecule has 3 rings (SSSR count). The van der Waals surface area contributed by atoms with E-state index >= 15 is 0 Å². The summed E-state index contributed by atoms with van der Waals surface area (Å²) >= 11 is 0. The highest BCUT2D eigenvalue weighted by Crippen LogP contribution is 2.25. The number of aromatic nitrogens is 1. The van der Waals surface area contributed by atoms with Gasteiger partial charge in [0, 0.05) is 41.8 Å². The Bertz CT molecular complexity index is 640. The fraction of sp³-hybridized carbons (Fsp3) is 0.312. The van der Waals surface area contributed by atoms with Crippen molar-refractivity contribution in [3.05, 3.63) is 47.8 Å². The van der Waals surface area contributed by atoms with Gasteiger partial charge < -0.3 is 15.2 Å². The van der Waals surface area contributed by atoms with Crippen molar-refractivity contribution in [2.45, 2.75) is 26.3 Å². The zero-order valence-corrected chi connectivity index (χ0v) is 11.8. The number of amides is 1. The highest BCUT2D eigenvalue weighted by atomic mass is 16.2. The Morgan fingerprint density at radius 2 is 1.75 bits per heavy atom. The lowest BCUT2D eigenvalue weighted by molar-refractivity contribution is -0.117. The van der Waals surface area contributed by atoms with Gasteiger partial charge in [0.1, 0.15) is 0 Å². The summed E-state index contributed by atoms with van der Waals surface area (Å²) in [5.41, 5.74) is 10.2. The van der Waals surface area contributed by atoms with Crippen LogP contribution in [-0.4, -0.2) is 23.1 Å². The third kappa shape index (κ3) is 2.12. The van der Waals surface area contributed by atoms with E-state index in [1.54, 1.807) is 4.90 Å². The summed E-state index contributed by atoms with van der Waals surface area (Å²) in [6, 6.07) is 12.2. The van der Waals surface area contributed by atoms with Crippen LogP contribution in [0.15, 0.2) is 36.4 Å². The topological polar surface area (TPSA) is 51.3 Å². The number of nitrogens with zero attached hydrogens (tertiary/aromatic N) is 2. The standard InChI is InChI=1S/C16H19N3O/c1-11-6-7-12(2)19(11)15-5-3-4-14(9-15)18-10-13(17)8-16(18)20/h3-7,9,13H,8,10,17H2,1-2H3. The van der Waals surface area contributed by atoms with Crippen LogP contribution in [0.1, 0.15) is 17.8 Å². The van der Waals surface area contributed by atoms with Crippen molar-refractivity contribution < 1.29 is 4.79 Å². The van der Waals surface area contributed by atoms with E-state index in [2.05, 4.69) is 42.7 Å². The van der Waals surface area contributed by atoms with Crippen molar-refractivity contribution in [3.8, 4) is 5.69 Å². The van der Waals surface area contributed by atoms with Crippen LogP contribution >= 0.6 is 0 Å². The first-order chi connectivity index (χ1) is 9.56. The van der Waals surface area contributed by atoms with Crippen molar-refractivity contribution >= 4 is 11.6 Å². The van der Waals surface area contributed by atoms with Gasteiger partial charge in [-0.1, -0.05) is 6.07 Å². The molecule has 1 aromatic carbocycles. The average Bonchev–Trinajstić information content (AvgIpc) is 2.92. The third-order valence-electron chi connectivity index (χ3n) is 3.83. The summed E-state index contributed by atoms with van der Waals surface area (Å²) in [7, 11) is 0. The second kappa shape index (κ2) is 4.80. The molecule has 2 heterocycles. The number of carbonyl (C=O) groups excluding carboxylic acids is 1. The Labute approximate surface area is 118 Å². The molecular formula is C16H19N3O. The third-order valence-corrected chi connectivity index (χ3v) is 3.83. The Kier molecular flexibility index (Phi) is 3.10. The maximum absolute atomic E-state index is 12.0. The van der Waals surface area contributed by atoms with E-state index in [1.807, 2.05) is 12.1 Å². The molecule has 1 atom stereocenters. The molecule has 0 spiro atoms. The van der Waals surface area contributed by atoms with Crippen molar-refractivity contribution in [2.24, 2.45) is 5.73 Å². The predicted octanol–water partition coefficient (Wildman–Crippen LogP) is 2.16. The highest BCUT2D eigenvalue weighted by molar-refractivity contribution is 5.96. The second-order valence-electron chi connectivity index (χ2n) is 5.44. The van der Waals surface area contributed by atoms with E-state index in [0.29, 0.717) is 13.0 Å². The fourth-order valence-corrected chi connectivity index (χ4v) is 2.86. The predicted molar refractivity (Wildman–Crippen MR) is 80.2 cm³/mol. The van der Waals surface area contributed by atoms with Gasteiger partial charge >= 0.3 is 0 Å². The Morgan fingerprint density at radius 3 is 2.35 bits per heavy atom. The minimum atomic E-state index is -0.0544. The number of anilines is 1. The fourth-order valence-electron chi connectivity index (χ4n) is 2.86. The summed E-state index contributed by atoms with van der Waals surface area (Å²) in [4.78, 5) is 13.7. The van der Waals surface area contributed by atoms with Gasteiger partial charge in [0.2, 0.25) is 5.91 Å². The van der Waals surface area contributed by atoms with Gasteiger partial charge in [-0.2, -0.15) is 0 Å². The minimum absolute atomic E-state index is 0.0544. The maximum atomic E-state index is 12.0. The van der Waals surface area contributed by atoms with Crippen molar-refractivity contribution in [2.75, 3.05) is 11.4 Å². The summed E-state index contributed by atoms with van der Waals surface area (Å²) in [6.07, 6.45) is 0.436. The average molecular weight is 269 g/mol. The summed E-state index contributed by atoms with van der Waals surface area (Å²) < 4.78 is 2.18. The molecule has 1 amide bonds. The lowest BCUT2D eigenvalue weighted by atomic mass is 10.2. The van der Waals surface area contributed by atoms with Crippen LogP contribution in [0.2, 0.25) is 0 Å². The minimum Gasteiger partial charge on any atom is -0.326 e. The molecular weight excluding hydrogens is 250 g/mol. The lowest BCUT2D eigenvalue weighted by Gasteiger charge is -2.18. The van der Waals surface area contributed by atoms with Crippen LogP contribution in [0.5, 0.6) is 0 Å². The number of hydrogen-bond donors (Lipinski definition) is 1. The van der Waals surface area contributed by atoms with Crippen LogP contribution < -0.4 is 10.6 Å². The van der Waals surface area contributed by atoms with Crippen molar-refractivity contribution in [1.82, 2.24) is 4.57 Å². The molecule has 104 valence electrons. The second-order valence-corrected chi connectivity index (χ2v) is 5.44. The largest absolute Gasteiger partial charge is 0.326 e. The molecule has 2 N–H and O–H groups in total. The molecule has 1 unspecified atom stereocenters. The van der Waals surface area contributed by atoms with E-state index in [4.69, 9.17) is 5.73 Å². The molecule has 20 heavy (non-hydrogen) atoms. The van der Waals surface area contributed by atoms with Crippen LogP contribution in [0.3, 0.4) is 0 Å². The molecule has 1 aliphatic rings. The molecule has 0 saturated carbocycles. The molecule has 4 nitrogen and oxygen atoms in total. The molecule has 1 aliphatic heterocycles. The van der Waals surface area contributed by atoms with Gasteiger partial charge in [0.05, 0.1) is 0 Å². The molecule has 2 aromatic rings. The smallest absolute Gasteiger partial charge is 0.228 e. The quantitative estimate of drug-likeness (QED) is 0.908. The number of aryl methyl sites for hydroxylation is 2. The van der Waals surface area contributed by atoms with E-state index in [9.17, 15) is 4.79 Å². The normalized spacial score (nSPS) is 18.9. The molecule has 4 heteroatoms. The highest BCUT2D eigenvalue weighted by Gasteiger charge is 2.28. The van der Waals surface area contributed by atoms with Crippen LogP contribution in [0, 0.1) is 13.8 Å². The number of carbonyl (C=O) groups is 1.